The van der Waals surface area contributed by atoms with Gasteiger partial charge in [-0.2, -0.15) is 0 Å². The monoisotopic (exact) mass is 493 g/mol. The molecular weight excluding hydrogens is 466 g/mol. The fourth-order valence-electron chi connectivity index (χ4n) is 4.74. The van der Waals surface area contributed by atoms with Gasteiger partial charge in [-0.25, -0.2) is 0 Å². The third kappa shape index (κ3) is 4.61. The fourth-order valence-corrected chi connectivity index (χ4v) is 4.74. The van der Waals surface area contributed by atoms with E-state index in [0.717, 1.165) is 19.5 Å². The first-order chi connectivity index (χ1) is 17.5. The molecule has 0 fully saturated rings. The number of carbonyl (C=O) groups is 1. The maximum atomic E-state index is 12.8. The predicted octanol–water partition coefficient (Wildman–Crippen LogP) is 3.34. The molecule has 0 spiro atoms. The molecule has 1 aromatic heterocycles. The van der Waals surface area contributed by atoms with Crippen molar-refractivity contribution in [3.05, 3.63) is 80.9 Å². The Morgan fingerprint density at radius 1 is 1.14 bits per heavy atom. The summed E-state index contributed by atoms with van der Waals surface area (Å²) >= 11 is 0. The minimum absolute atomic E-state index is 0.0128. The second kappa shape index (κ2) is 9.94. The van der Waals surface area contributed by atoms with Crippen LogP contribution in [0.4, 0.5) is 0 Å². The molecule has 0 bridgehead atoms. The van der Waals surface area contributed by atoms with Crippen LogP contribution >= 0.6 is 0 Å². The van der Waals surface area contributed by atoms with Gasteiger partial charge in [0.1, 0.15) is 5.76 Å². The van der Waals surface area contributed by atoms with Gasteiger partial charge in [0.15, 0.2) is 17.3 Å². The lowest BCUT2D eigenvalue weighted by Gasteiger charge is -2.28. The first kappa shape index (κ1) is 23.7. The summed E-state index contributed by atoms with van der Waals surface area (Å²) in [4.78, 5) is 27.3. The van der Waals surface area contributed by atoms with Crippen molar-refractivity contribution in [1.82, 2.24) is 4.90 Å². The van der Waals surface area contributed by atoms with E-state index in [9.17, 15) is 14.7 Å². The third-order valence-corrected chi connectivity index (χ3v) is 6.59. The normalized spacial score (nSPS) is 15.3. The number of hydrogen-bond acceptors (Lipinski definition) is 9. The third-order valence-electron chi connectivity index (χ3n) is 6.59. The van der Waals surface area contributed by atoms with Crippen molar-refractivity contribution < 1.29 is 33.3 Å². The number of rotatable bonds is 7. The van der Waals surface area contributed by atoms with E-state index >= 15 is 0 Å². The Hall–Kier alpha value is -3.98. The van der Waals surface area contributed by atoms with Gasteiger partial charge in [-0.3, -0.25) is 14.5 Å². The molecule has 1 atom stereocenters. The lowest BCUT2D eigenvalue weighted by molar-refractivity contribution is -0.140. The summed E-state index contributed by atoms with van der Waals surface area (Å²) in [5, 5.41) is 10.7. The summed E-state index contributed by atoms with van der Waals surface area (Å²) in [5.74, 6) is -0.233. The molecule has 3 heterocycles. The molecule has 5 rings (SSSR count). The fraction of sp³-hybridized carbons (Fsp3) is 0.333. The van der Waals surface area contributed by atoms with E-state index in [-0.39, 0.29) is 19.0 Å². The zero-order chi connectivity index (χ0) is 25.2. The number of nitrogens with zero attached hydrogens (tertiary/aromatic N) is 1. The Balaban J connectivity index is 1.51. The summed E-state index contributed by atoms with van der Waals surface area (Å²) in [6.07, 6.45) is 0.726. The molecule has 2 aliphatic heterocycles. The number of fused-ring (bicyclic) bond motifs is 2. The van der Waals surface area contributed by atoms with Crippen LogP contribution in [0.1, 0.15) is 40.5 Å². The molecule has 0 saturated carbocycles. The molecule has 0 radical (unpaired) electrons. The Bertz CT molecular complexity index is 1350. The molecule has 2 aromatic carbocycles. The van der Waals surface area contributed by atoms with E-state index in [1.165, 1.54) is 31.4 Å². The van der Waals surface area contributed by atoms with Crippen molar-refractivity contribution in [2.45, 2.75) is 31.8 Å². The molecule has 36 heavy (non-hydrogen) atoms. The van der Waals surface area contributed by atoms with Gasteiger partial charge >= 0.3 is 5.97 Å². The van der Waals surface area contributed by atoms with Crippen LogP contribution in [0.3, 0.4) is 0 Å². The first-order valence-corrected chi connectivity index (χ1v) is 11.7. The van der Waals surface area contributed by atoms with Crippen molar-refractivity contribution in [2.24, 2.45) is 0 Å². The summed E-state index contributed by atoms with van der Waals surface area (Å²) in [5.41, 5.74) is 2.52. The molecule has 0 aliphatic carbocycles. The highest BCUT2D eigenvalue weighted by atomic mass is 16.7. The maximum absolute atomic E-state index is 12.8. The Labute approximate surface area is 207 Å². The average Bonchev–Trinajstić information content (AvgIpc) is 3.37. The molecule has 188 valence electrons. The molecular formula is C27H27NO8. The lowest BCUT2D eigenvalue weighted by atomic mass is 9.91. The quantitative estimate of drug-likeness (QED) is 0.496. The molecule has 0 unspecified atom stereocenters. The zero-order valence-electron chi connectivity index (χ0n) is 20.1. The van der Waals surface area contributed by atoms with Crippen LogP contribution in [0.25, 0.3) is 0 Å². The van der Waals surface area contributed by atoms with E-state index < -0.39 is 23.1 Å². The van der Waals surface area contributed by atoms with Crippen molar-refractivity contribution in [2.75, 3.05) is 27.6 Å². The SMILES string of the molecule is COC(=O)C[C@H](c1cc(OC)c2c(c1)OCO2)c1oc(CN2CCc3ccccc3C2)cc(=O)c1O. The molecule has 2 aliphatic rings. The average molecular weight is 494 g/mol. The van der Waals surface area contributed by atoms with Crippen LogP contribution in [0, 0.1) is 0 Å². The lowest BCUT2D eigenvalue weighted by Crippen LogP contribution is -2.30. The summed E-state index contributed by atoms with van der Waals surface area (Å²) in [7, 11) is 2.77. The van der Waals surface area contributed by atoms with E-state index in [2.05, 4.69) is 17.0 Å². The van der Waals surface area contributed by atoms with Crippen LogP contribution in [0.2, 0.25) is 0 Å². The van der Waals surface area contributed by atoms with Crippen molar-refractivity contribution in [3.8, 4) is 23.0 Å². The van der Waals surface area contributed by atoms with Crippen LogP contribution in [0.5, 0.6) is 23.0 Å². The summed E-state index contributed by atoms with van der Waals surface area (Å²) < 4.78 is 27.4. The van der Waals surface area contributed by atoms with E-state index in [4.69, 9.17) is 23.4 Å². The number of esters is 1. The van der Waals surface area contributed by atoms with E-state index in [1.54, 1.807) is 12.1 Å². The number of ether oxygens (including phenoxy) is 4. The summed E-state index contributed by atoms with van der Waals surface area (Å²) in [6.45, 7) is 1.95. The zero-order valence-corrected chi connectivity index (χ0v) is 20.1. The van der Waals surface area contributed by atoms with E-state index in [1.807, 2.05) is 12.1 Å². The molecule has 0 saturated heterocycles. The van der Waals surface area contributed by atoms with Crippen LogP contribution < -0.4 is 19.6 Å². The Morgan fingerprint density at radius 3 is 2.72 bits per heavy atom. The minimum atomic E-state index is -0.824. The molecule has 9 nitrogen and oxygen atoms in total. The highest BCUT2D eigenvalue weighted by Crippen LogP contribution is 2.45. The van der Waals surface area contributed by atoms with Gasteiger partial charge in [-0.1, -0.05) is 24.3 Å². The highest BCUT2D eigenvalue weighted by Gasteiger charge is 2.30. The molecule has 3 aromatic rings. The second-order valence-electron chi connectivity index (χ2n) is 8.81. The number of methoxy groups -OCH3 is 2. The van der Waals surface area contributed by atoms with Gasteiger partial charge in [0.05, 0.1) is 33.1 Å². The highest BCUT2D eigenvalue weighted by molar-refractivity contribution is 5.71. The molecule has 1 N–H and O–H groups in total. The smallest absolute Gasteiger partial charge is 0.306 e. The van der Waals surface area contributed by atoms with Gasteiger partial charge < -0.3 is 28.5 Å². The predicted molar refractivity (Wildman–Crippen MR) is 128 cm³/mol. The van der Waals surface area contributed by atoms with Gasteiger partial charge in [-0.15, -0.1) is 0 Å². The second-order valence-corrected chi connectivity index (χ2v) is 8.81. The minimum Gasteiger partial charge on any atom is -0.502 e. The molecule has 0 amide bonds. The number of benzene rings is 2. The molecule has 9 heteroatoms. The van der Waals surface area contributed by atoms with Crippen LogP contribution in [-0.2, 0) is 29.0 Å². The van der Waals surface area contributed by atoms with Crippen molar-refractivity contribution in [3.63, 3.8) is 0 Å². The first-order valence-electron chi connectivity index (χ1n) is 11.7. The van der Waals surface area contributed by atoms with Gasteiger partial charge in [0.2, 0.25) is 23.7 Å². The Kier molecular flexibility index (Phi) is 6.56. The number of hydrogen-bond donors (Lipinski definition) is 1. The van der Waals surface area contributed by atoms with E-state index in [0.29, 0.717) is 35.1 Å². The van der Waals surface area contributed by atoms with Gasteiger partial charge in [0, 0.05) is 19.2 Å². The van der Waals surface area contributed by atoms with Crippen LogP contribution in [0.15, 0.2) is 51.7 Å². The largest absolute Gasteiger partial charge is 0.502 e. The summed E-state index contributed by atoms with van der Waals surface area (Å²) in [6, 6.07) is 12.9. The van der Waals surface area contributed by atoms with Crippen molar-refractivity contribution >= 4 is 5.97 Å². The number of aromatic hydroxyl groups is 1. The Morgan fingerprint density at radius 2 is 1.94 bits per heavy atom. The maximum Gasteiger partial charge on any atom is 0.306 e. The number of carbonyl (C=O) groups excluding carboxylic acids is 1. The van der Waals surface area contributed by atoms with Gasteiger partial charge in [0.25, 0.3) is 0 Å². The van der Waals surface area contributed by atoms with Crippen LogP contribution in [-0.4, -0.2) is 43.5 Å². The topological polar surface area (TPSA) is 108 Å². The standard InChI is InChI=1S/C27H27NO8/c1-32-22-9-18(10-23-27(22)35-15-34-23)20(12-24(30)33-2)26-25(31)21(29)11-19(36-26)14-28-8-7-16-5-3-4-6-17(16)13-28/h3-6,9-11,20,31H,7-8,12-15H2,1-2H3/t20-/m1/s1. The van der Waals surface area contributed by atoms with Gasteiger partial charge in [-0.05, 0) is 35.2 Å². The van der Waals surface area contributed by atoms with Crippen molar-refractivity contribution in [1.29, 1.82) is 0 Å².